The normalized spacial score (nSPS) is 10.3. The first-order valence-electron chi connectivity index (χ1n) is 6.17. The van der Waals surface area contributed by atoms with Crippen LogP contribution in [-0.2, 0) is 17.6 Å². The third-order valence-electron chi connectivity index (χ3n) is 2.98. The molecule has 104 valence electrons. The summed E-state index contributed by atoms with van der Waals surface area (Å²) in [7, 11) is 1.59. The molecule has 0 aliphatic rings. The van der Waals surface area contributed by atoms with Gasteiger partial charge in [-0.25, -0.2) is 4.39 Å². The molecule has 0 saturated heterocycles. The molecule has 0 aliphatic carbocycles. The standard InChI is InChI=1S/C16H14ClFO2/c1-20-14-7-5-11(6-8-14)9-13(19)10-12-3-2-4-15(17)16(12)18/h2-8H,9-10H2,1H3. The average Bonchev–Trinajstić information content (AvgIpc) is 2.45. The lowest BCUT2D eigenvalue weighted by Crippen LogP contribution is -2.08. The van der Waals surface area contributed by atoms with Crippen LogP contribution in [0.1, 0.15) is 11.1 Å². The summed E-state index contributed by atoms with van der Waals surface area (Å²) in [5, 5.41) is 0.0414. The number of hydrogen-bond acceptors (Lipinski definition) is 2. The Morgan fingerprint density at radius 3 is 2.50 bits per heavy atom. The third-order valence-corrected chi connectivity index (χ3v) is 3.27. The molecule has 2 aromatic carbocycles. The van der Waals surface area contributed by atoms with Crippen molar-refractivity contribution >= 4 is 17.4 Å². The second kappa shape index (κ2) is 6.53. The highest BCUT2D eigenvalue weighted by Crippen LogP contribution is 2.19. The Morgan fingerprint density at radius 2 is 1.85 bits per heavy atom. The molecule has 4 heteroatoms. The van der Waals surface area contributed by atoms with Crippen LogP contribution in [0.4, 0.5) is 4.39 Å². The maximum atomic E-state index is 13.7. The van der Waals surface area contributed by atoms with E-state index in [1.165, 1.54) is 6.07 Å². The van der Waals surface area contributed by atoms with Gasteiger partial charge in [0.25, 0.3) is 0 Å². The summed E-state index contributed by atoms with van der Waals surface area (Å²) in [4.78, 5) is 12.0. The molecule has 0 saturated carbocycles. The molecule has 0 spiro atoms. The monoisotopic (exact) mass is 292 g/mol. The number of hydrogen-bond donors (Lipinski definition) is 0. The van der Waals surface area contributed by atoms with Crippen LogP contribution >= 0.6 is 11.6 Å². The highest BCUT2D eigenvalue weighted by molar-refractivity contribution is 6.30. The summed E-state index contributed by atoms with van der Waals surface area (Å²) in [5.74, 6) is 0.163. The first-order chi connectivity index (χ1) is 9.60. The molecule has 0 bridgehead atoms. The minimum Gasteiger partial charge on any atom is -0.497 e. The molecule has 0 radical (unpaired) electrons. The Balaban J connectivity index is 2.03. The molecule has 20 heavy (non-hydrogen) atoms. The van der Waals surface area contributed by atoms with E-state index >= 15 is 0 Å². The summed E-state index contributed by atoms with van der Waals surface area (Å²) >= 11 is 5.69. The number of ether oxygens (including phenoxy) is 1. The maximum Gasteiger partial charge on any atom is 0.145 e. The number of carbonyl (C=O) groups excluding carboxylic acids is 1. The van der Waals surface area contributed by atoms with Crippen LogP contribution in [0, 0.1) is 5.82 Å². The van der Waals surface area contributed by atoms with Gasteiger partial charge < -0.3 is 4.74 Å². The highest BCUT2D eigenvalue weighted by Gasteiger charge is 2.11. The smallest absolute Gasteiger partial charge is 0.145 e. The number of Topliss-reactive ketones (excluding diaryl/α,β-unsaturated/α-hetero) is 1. The first-order valence-corrected chi connectivity index (χ1v) is 6.55. The molecular formula is C16H14ClFO2. The van der Waals surface area contributed by atoms with Crippen molar-refractivity contribution in [2.45, 2.75) is 12.8 Å². The molecule has 0 aromatic heterocycles. The molecule has 0 heterocycles. The number of carbonyl (C=O) groups is 1. The number of halogens is 2. The molecule has 0 fully saturated rings. The van der Waals surface area contributed by atoms with Crippen molar-refractivity contribution in [2.24, 2.45) is 0 Å². The summed E-state index contributed by atoms with van der Waals surface area (Å²) in [6.07, 6.45) is 0.300. The van der Waals surface area contributed by atoms with Crippen molar-refractivity contribution in [1.82, 2.24) is 0 Å². The molecule has 0 N–H and O–H groups in total. The highest BCUT2D eigenvalue weighted by atomic mass is 35.5. The summed E-state index contributed by atoms with van der Waals surface area (Å²) in [6.45, 7) is 0. The Labute approximate surface area is 122 Å². The lowest BCUT2D eigenvalue weighted by atomic mass is 10.0. The van der Waals surface area contributed by atoms with Gasteiger partial charge in [0.2, 0.25) is 0 Å². The minimum absolute atomic E-state index is 0.0401. The molecule has 2 rings (SSSR count). The number of benzene rings is 2. The van der Waals surface area contributed by atoms with Gasteiger partial charge in [0.05, 0.1) is 12.1 Å². The van der Waals surface area contributed by atoms with Gasteiger partial charge in [-0.05, 0) is 29.3 Å². The summed E-state index contributed by atoms with van der Waals surface area (Å²) in [5.41, 5.74) is 1.20. The fourth-order valence-electron chi connectivity index (χ4n) is 1.93. The van der Waals surface area contributed by atoms with Crippen LogP contribution in [0.5, 0.6) is 5.75 Å². The Kier molecular flexibility index (Phi) is 4.74. The molecule has 0 atom stereocenters. The van der Waals surface area contributed by atoms with Gasteiger partial charge in [0.1, 0.15) is 17.3 Å². The van der Waals surface area contributed by atoms with E-state index < -0.39 is 5.82 Å². The first kappa shape index (κ1) is 14.5. The van der Waals surface area contributed by atoms with Crippen molar-refractivity contribution in [2.75, 3.05) is 7.11 Å². The van der Waals surface area contributed by atoms with Gasteiger partial charge in [0.15, 0.2) is 0 Å². The van der Waals surface area contributed by atoms with Crippen LogP contribution in [0.15, 0.2) is 42.5 Å². The quantitative estimate of drug-likeness (QED) is 0.837. The number of methoxy groups -OCH3 is 1. The molecule has 2 nitrogen and oxygen atoms in total. The Bertz CT molecular complexity index is 608. The third kappa shape index (κ3) is 3.58. The number of ketones is 1. The van der Waals surface area contributed by atoms with Gasteiger partial charge in [-0.15, -0.1) is 0 Å². The van der Waals surface area contributed by atoms with E-state index in [-0.39, 0.29) is 23.6 Å². The van der Waals surface area contributed by atoms with E-state index in [9.17, 15) is 9.18 Å². The SMILES string of the molecule is COc1ccc(CC(=O)Cc2cccc(Cl)c2F)cc1. The van der Waals surface area contributed by atoms with Gasteiger partial charge in [-0.1, -0.05) is 35.9 Å². The molecule has 0 unspecified atom stereocenters. The fourth-order valence-corrected chi connectivity index (χ4v) is 2.13. The van der Waals surface area contributed by atoms with Gasteiger partial charge >= 0.3 is 0 Å². The van der Waals surface area contributed by atoms with Crippen molar-refractivity contribution < 1.29 is 13.9 Å². The van der Waals surface area contributed by atoms with Crippen LogP contribution in [0.25, 0.3) is 0 Å². The zero-order valence-electron chi connectivity index (χ0n) is 11.0. The van der Waals surface area contributed by atoms with Crippen molar-refractivity contribution in [3.63, 3.8) is 0 Å². The van der Waals surface area contributed by atoms with E-state index in [0.29, 0.717) is 5.56 Å². The van der Waals surface area contributed by atoms with Crippen LogP contribution in [0.3, 0.4) is 0 Å². The maximum absolute atomic E-state index is 13.7. The average molecular weight is 293 g/mol. The number of rotatable bonds is 5. The lowest BCUT2D eigenvalue weighted by Gasteiger charge is -2.05. The second-order valence-electron chi connectivity index (χ2n) is 4.45. The molecule has 0 amide bonds. The Morgan fingerprint density at radius 1 is 1.15 bits per heavy atom. The topological polar surface area (TPSA) is 26.3 Å². The summed E-state index contributed by atoms with van der Waals surface area (Å²) < 4.78 is 18.7. The largest absolute Gasteiger partial charge is 0.497 e. The molecule has 2 aromatic rings. The van der Waals surface area contributed by atoms with Crippen molar-refractivity contribution in [1.29, 1.82) is 0 Å². The van der Waals surface area contributed by atoms with Crippen LogP contribution < -0.4 is 4.74 Å². The second-order valence-corrected chi connectivity index (χ2v) is 4.86. The predicted octanol–water partition coefficient (Wildman–Crippen LogP) is 3.84. The predicted molar refractivity (Wildman–Crippen MR) is 76.8 cm³/mol. The van der Waals surface area contributed by atoms with Gasteiger partial charge in [0, 0.05) is 12.8 Å². The van der Waals surface area contributed by atoms with E-state index in [1.54, 1.807) is 31.4 Å². The van der Waals surface area contributed by atoms with E-state index in [2.05, 4.69) is 0 Å². The fraction of sp³-hybridized carbons (Fsp3) is 0.188. The van der Waals surface area contributed by atoms with Crippen molar-refractivity contribution in [3.05, 3.63) is 64.4 Å². The summed E-state index contributed by atoms with van der Waals surface area (Å²) in [6, 6.07) is 11.9. The zero-order valence-corrected chi connectivity index (χ0v) is 11.8. The van der Waals surface area contributed by atoms with Crippen LogP contribution in [0.2, 0.25) is 5.02 Å². The van der Waals surface area contributed by atoms with Crippen LogP contribution in [-0.4, -0.2) is 12.9 Å². The van der Waals surface area contributed by atoms with Gasteiger partial charge in [-0.2, -0.15) is 0 Å². The van der Waals surface area contributed by atoms with E-state index in [1.807, 2.05) is 12.1 Å². The lowest BCUT2D eigenvalue weighted by molar-refractivity contribution is -0.117. The zero-order chi connectivity index (χ0) is 14.5. The van der Waals surface area contributed by atoms with Gasteiger partial charge in [-0.3, -0.25) is 4.79 Å². The van der Waals surface area contributed by atoms with Crippen molar-refractivity contribution in [3.8, 4) is 5.75 Å². The Hall–Kier alpha value is -1.87. The molecular weight excluding hydrogens is 279 g/mol. The minimum atomic E-state index is -0.516. The van der Waals surface area contributed by atoms with E-state index in [4.69, 9.17) is 16.3 Å². The van der Waals surface area contributed by atoms with E-state index in [0.717, 1.165) is 11.3 Å². The molecule has 0 aliphatic heterocycles.